The lowest BCUT2D eigenvalue weighted by molar-refractivity contribution is 0.356. The Hall–Kier alpha value is -3.96. The third-order valence-electron chi connectivity index (χ3n) is 7.16. The molecule has 0 aliphatic carbocycles. The first-order chi connectivity index (χ1) is 17.0. The van der Waals surface area contributed by atoms with Gasteiger partial charge < -0.3 is 10.6 Å². The Kier molecular flexibility index (Phi) is 5.15. The highest BCUT2D eigenvalue weighted by Gasteiger charge is 2.40. The van der Waals surface area contributed by atoms with Crippen molar-refractivity contribution in [1.29, 1.82) is 0 Å². The number of fused-ring (bicyclic) bond motifs is 2. The summed E-state index contributed by atoms with van der Waals surface area (Å²) in [5.74, 6) is 4.75. The lowest BCUT2D eigenvalue weighted by Crippen LogP contribution is -2.29. The fourth-order valence-electron chi connectivity index (χ4n) is 5.58. The highest BCUT2D eigenvalue weighted by molar-refractivity contribution is 5.78. The van der Waals surface area contributed by atoms with Crippen molar-refractivity contribution in [3.05, 3.63) is 60.3 Å². The fourth-order valence-corrected chi connectivity index (χ4v) is 5.58. The zero-order valence-corrected chi connectivity index (χ0v) is 19.5. The van der Waals surface area contributed by atoms with Crippen LogP contribution in [-0.2, 0) is 0 Å². The number of imidazole rings is 1. The van der Waals surface area contributed by atoms with Crippen molar-refractivity contribution in [3.8, 4) is 29.3 Å². The van der Waals surface area contributed by atoms with Gasteiger partial charge in [0.25, 0.3) is 0 Å². The smallest absolute Gasteiger partial charge is 0.165 e. The molecule has 5 heterocycles. The molecule has 0 spiro atoms. The molecule has 6 rings (SSSR count). The molecule has 2 aliphatic heterocycles. The number of benzene rings is 1. The molecule has 35 heavy (non-hydrogen) atoms. The monoisotopic (exact) mass is 467 g/mol. The second-order valence-corrected chi connectivity index (χ2v) is 9.46. The third-order valence-corrected chi connectivity index (χ3v) is 7.16. The number of pyridine rings is 2. The minimum Gasteiger partial charge on any atom is -0.384 e. The third kappa shape index (κ3) is 3.78. The van der Waals surface area contributed by atoms with E-state index in [0.29, 0.717) is 41.2 Å². The van der Waals surface area contributed by atoms with E-state index < -0.39 is 0 Å². The molecule has 176 valence electrons. The van der Waals surface area contributed by atoms with Crippen LogP contribution >= 0.6 is 0 Å². The summed E-state index contributed by atoms with van der Waals surface area (Å²) in [6.07, 6.45) is 7.13. The van der Waals surface area contributed by atoms with Crippen molar-refractivity contribution in [2.75, 3.05) is 43.4 Å². The molecule has 0 radical (unpaired) electrons. The number of terminal acetylenes is 1. The normalized spacial score (nSPS) is 19.9. The summed E-state index contributed by atoms with van der Waals surface area (Å²) in [4.78, 5) is 18.0. The summed E-state index contributed by atoms with van der Waals surface area (Å²) in [5.41, 5.74) is 10.2. The van der Waals surface area contributed by atoms with E-state index in [-0.39, 0.29) is 5.82 Å². The summed E-state index contributed by atoms with van der Waals surface area (Å²) in [7, 11) is 0. The van der Waals surface area contributed by atoms with Gasteiger partial charge in [-0.25, -0.2) is 19.3 Å². The van der Waals surface area contributed by atoms with Gasteiger partial charge in [0.15, 0.2) is 5.65 Å². The molecule has 8 heteroatoms. The molecule has 2 saturated heterocycles. The predicted molar refractivity (Wildman–Crippen MR) is 136 cm³/mol. The number of aryl methyl sites for hydroxylation is 1. The maximum atomic E-state index is 15.4. The Morgan fingerprint density at radius 2 is 1.86 bits per heavy atom. The van der Waals surface area contributed by atoms with Crippen LogP contribution in [0.4, 0.5) is 15.9 Å². The topological polar surface area (TPSA) is 76.1 Å². The summed E-state index contributed by atoms with van der Waals surface area (Å²) < 4.78 is 17.3. The number of rotatable bonds is 4. The molecule has 1 aromatic carbocycles. The van der Waals surface area contributed by atoms with Crippen LogP contribution in [0, 0.1) is 36.9 Å². The Morgan fingerprint density at radius 1 is 1.06 bits per heavy atom. The van der Waals surface area contributed by atoms with Crippen molar-refractivity contribution in [2.45, 2.75) is 6.92 Å². The molecular formula is C27H26FN7. The lowest BCUT2D eigenvalue weighted by atomic mass is 10.0. The molecule has 2 fully saturated rings. The van der Waals surface area contributed by atoms with Crippen molar-refractivity contribution < 1.29 is 4.39 Å². The van der Waals surface area contributed by atoms with Gasteiger partial charge in [0.2, 0.25) is 0 Å². The standard InChI is InChI=1S/C27H26FN7/c1-3-10-33-13-19-15-34(16-20(19)14-33)25-7-4-21(12-22(25)28)35-17(2)31-24-6-5-23(32-27(24)35)18-8-9-30-26(29)11-18/h1,4-9,11-12,19-20H,10,13-16H2,2H3,(H2,29,30)/t19-,20+. The van der Waals surface area contributed by atoms with Gasteiger partial charge in [0, 0.05) is 44.0 Å². The quantitative estimate of drug-likeness (QED) is 0.463. The number of hydrogen-bond acceptors (Lipinski definition) is 6. The summed E-state index contributed by atoms with van der Waals surface area (Å²) in [6, 6.07) is 12.9. The van der Waals surface area contributed by atoms with Gasteiger partial charge >= 0.3 is 0 Å². The van der Waals surface area contributed by atoms with Crippen LogP contribution in [-0.4, -0.2) is 57.1 Å². The minimum atomic E-state index is -0.234. The second-order valence-electron chi connectivity index (χ2n) is 9.46. The molecule has 0 unspecified atom stereocenters. The van der Waals surface area contributed by atoms with Gasteiger partial charge in [-0.15, -0.1) is 6.42 Å². The number of halogens is 1. The molecule has 7 nitrogen and oxygen atoms in total. The van der Waals surface area contributed by atoms with Gasteiger partial charge in [-0.05, 0) is 55.2 Å². The van der Waals surface area contributed by atoms with Crippen LogP contribution in [0.2, 0.25) is 0 Å². The van der Waals surface area contributed by atoms with Crippen LogP contribution < -0.4 is 10.6 Å². The molecule has 3 aromatic heterocycles. The first-order valence-corrected chi connectivity index (χ1v) is 11.8. The number of nitrogen functional groups attached to an aromatic ring is 1. The van der Waals surface area contributed by atoms with E-state index in [1.54, 1.807) is 18.3 Å². The van der Waals surface area contributed by atoms with Gasteiger partial charge in [0.05, 0.1) is 23.6 Å². The molecule has 0 amide bonds. The summed E-state index contributed by atoms with van der Waals surface area (Å²) in [6.45, 7) is 6.29. The van der Waals surface area contributed by atoms with Crippen LogP contribution in [0.15, 0.2) is 48.7 Å². The Labute approximate surface area is 203 Å². The highest BCUT2D eigenvalue weighted by atomic mass is 19.1. The minimum absolute atomic E-state index is 0.234. The molecule has 4 aromatic rings. The lowest BCUT2D eigenvalue weighted by Gasteiger charge is -2.23. The average molecular weight is 468 g/mol. The van der Waals surface area contributed by atoms with Crippen molar-refractivity contribution in [1.82, 2.24) is 24.4 Å². The number of aromatic nitrogens is 4. The van der Waals surface area contributed by atoms with Gasteiger partial charge in [-0.1, -0.05) is 5.92 Å². The Bertz CT molecular complexity index is 1460. The molecule has 0 saturated carbocycles. The molecule has 2 atom stereocenters. The SMILES string of the molecule is C#CCN1C[C@@H]2CN(c3ccc(-n4c(C)nc5ccc(-c6ccnc(N)c6)nc54)cc3F)C[C@@H]2C1. The Morgan fingerprint density at radius 3 is 2.57 bits per heavy atom. The van der Waals surface area contributed by atoms with Crippen LogP contribution in [0.3, 0.4) is 0 Å². The average Bonchev–Trinajstić information content (AvgIpc) is 3.49. The van der Waals surface area contributed by atoms with E-state index in [2.05, 4.69) is 25.7 Å². The van der Waals surface area contributed by atoms with Crippen molar-refractivity contribution >= 4 is 22.7 Å². The predicted octanol–water partition coefficient (Wildman–Crippen LogP) is 3.51. The molecule has 0 bridgehead atoms. The summed E-state index contributed by atoms with van der Waals surface area (Å²) >= 11 is 0. The Balaban J connectivity index is 1.31. The van der Waals surface area contributed by atoms with E-state index in [0.717, 1.165) is 48.8 Å². The van der Waals surface area contributed by atoms with Gasteiger partial charge in [0.1, 0.15) is 23.0 Å². The van der Waals surface area contributed by atoms with E-state index in [1.807, 2.05) is 41.8 Å². The second kappa shape index (κ2) is 8.36. The van der Waals surface area contributed by atoms with Gasteiger partial charge in [-0.3, -0.25) is 9.47 Å². The van der Waals surface area contributed by atoms with Crippen molar-refractivity contribution in [3.63, 3.8) is 0 Å². The fraction of sp³-hybridized carbons (Fsp3) is 0.296. The number of hydrogen-bond donors (Lipinski definition) is 1. The van der Waals surface area contributed by atoms with E-state index in [4.69, 9.17) is 17.1 Å². The first kappa shape index (κ1) is 21.6. The maximum absolute atomic E-state index is 15.4. The van der Waals surface area contributed by atoms with Crippen LogP contribution in [0.25, 0.3) is 28.1 Å². The first-order valence-electron chi connectivity index (χ1n) is 11.8. The zero-order valence-electron chi connectivity index (χ0n) is 19.5. The van der Waals surface area contributed by atoms with E-state index in [9.17, 15) is 0 Å². The zero-order chi connectivity index (χ0) is 24.1. The van der Waals surface area contributed by atoms with Crippen LogP contribution in [0.5, 0.6) is 0 Å². The molecule has 2 N–H and O–H groups in total. The van der Waals surface area contributed by atoms with E-state index in [1.165, 1.54) is 0 Å². The number of nitrogens with two attached hydrogens (primary N) is 1. The number of nitrogens with zero attached hydrogens (tertiary/aromatic N) is 6. The van der Waals surface area contributed by atoms with E-state index >= 15 is 4.39 Å². The largest absolute Gasteiger partial charge is 0.384 e. The summed E-state index contributed by atoms with van der Waals surface area (Å²) in [5, 5.41) is 0. The number of likely N-dealkylation sites (tertiary alicyclic amines) is 1. The molecule has 2 aliphatic rings. The van der Waals surface area contributed by atoms with Crippen LogP contribution in [0.1, 0.15) is 5.82 Å². The number of anilines is 2. The maximum Gasteiger partial charge on any atom is 0.165 e. The van der Waals surface area contributed by atoms with Gasteiger partial charge in [-0.2, -0.15) is 0 Å². The van der Waals surface area contributed by atoms with Crippen molar-refractivity contribution in [2.24, 2.45) is 11.8 Å². The highest BCUT2D eigenvalue weighted by Crippen LogP contribution is 2.35. The molecular weight excluding hydrogens is 441 g/mol.